The van der Waals surface area contributed by atoms with E-state index in [1.54, 1.807) is 12.1 Å². The fourth-order valence-corrected chi connectivity index (χ4v) is 2.32. The van der Waals surface area contributed by atoms with Crippen LogP contribution < -0.4 is 15.9 Å². The molecule has 0 aliphatic rings. The number of phenolic OH excluding ortho intramolecular Hbond substituents is 3. The van der Waals surface area contributed by atoms with Crippen LogP contribution in [0.5, 0.6) is 23.0 Å². The highest BCUT2D eigenvalue weighted by atomic mass is 16.5. The molecule has 134 valence electrons. The van der Waals surface area contributed by atoms with E-state index in [9.17, 15) is 24.9 Å². The van der Waals surface area contributed by atoms with Gasteiger partial charge in [-0.25, -0.2) is 4.79 Å². The number of nitrogens with two attached hydrogens (primary N) is 1. The topological polar surface area (TPSA) is 143 Å². The molecule has 1 heterocycles. The third kappa shape index (κ3) is 3.05. The first-order valence-electron chi connectivity index (χ1n) is 7.57. The van der Waals surface area contributed by atoms with Gasteiger partial charge in [0.15, 0.2) is 16.9 Å². The van der Waals surface area contributed by atoms with Crippen LogP contribution in [0.15, 0.2) is 45.6 Å². The number of phenols is 3. The Bertz CT molecular complexity index is 1050. The van der Waals surface area contributed by atoms with Crippen molar-refractivity contribution in [1.29, 1.82) is 0 Å². The molecule has 0 aliphatic heterocycles. The van der Waals surface area contributed by atoms with E-state index >= 15 is 0 Å². The molecular weight excluding hydrogens is 342 g/mol. The first-order valence-corrected chi connectivity index (χ1v) is 7.57. The second kappa shape index (κ2) is 6.41. The lowest BCUT2D eigenvalue weighted by molar-refractivity contribution is -0.135. The molecule has 3 rings (SSSR count). The minimum atomic E-state index is -0.794. The summed E-state index contributed by atoms with van der Waals surface area (Å²) in [5.41, 5.74) is 5.24. The molecule has 26 heavy (non-hydrogen) atoms. The molecule has 0 bridgehead atoms. The Hall–Kier alpha value is -3.52. The smallest absolute Gasteiger partial charge is 0.328 e. The Labute approximate surface area is 146 Å². The highest BCUT2D eigenvalue weighted by Gasteiger charge is 2.17. The molecule has 1 atom stereocenters. The Kier molecular flexibility index (Phi) is 4.27. The molecule has 0 fully saturated rings. The van der Waals surface area contributed by atoms with Crippen molar-refractivity contribution in [2.24, 2.45) is 5.73 Å². The van der Waals surface area contributed by atoms with Gasteiger partial charge in [-0.15, -0.1) is 0 Å². The lowest BCUT2D eigenvalue weighted by atomic mass is 10.1. The largest absolute Gasteiger partial charge is 0.504 e. The number of hydrogen-bond donors (Lipinski definition) is 4. The summed E-state index contributed by atoms with van der Waals surface area (Å²) in [4.78, 5) is 23.7. The van der Waals surface area contributed by atoms with Gasteiger partial charge in [0, 0.05) is 17.7 Å². The summed E-state index contributed by atoms with van der Waals surface area (Å²) < 4.78 is 10.6. The average Bonchev–Trinajstić information content (AvgIpc) is 2.59. The van der Waals surface area contributed by atoms with Gasteiger partial charge in [-0.1, -0.05) is 0 Å². The number of ether oxygens (including phenoxy) is 1. The summed E-state index contributed by atoms with van der Waals surface area (Å²) in [5.74, 6) is -2.30. The molecule has 0 aliphatic carbocycles. The van der Waals surface area contributed by atoms with Gasteiger partial charge in [0.2, 0.25) is 5.75 Å². The average molecular weight is 357 g/mol. The van der Waals surface area contributed by atoms with Crippen molar-refractivity contribution in [3.8, 4) is 34.3 Å². The number of esters is 1. The maximum Gasteiger partial charge on any atom is 0.328 e. The molecule has 8 nitrogen and oxygen atoms in total. The van der Waals surface area contributed by atoms with Gasteiger partial charge < -0.3 is 30.2 Å². The maximum absolute atomic E-state index is 12.2. The van der Waals surface area contributed by atoms with Crippen LogP contribution >= 0.6 is 0 Å². The number of benzene rings is 2. The predicted molar refractivity (Wildman–Crippen MR) is 92.2 cm³/mol. The molecule has 0 saturated heterocycles. The Morgan fingerprint density at radius 2 is 1.77 bits per heavy atom. The molecule has 0 spiro atoms. The van der Waals surface area contributed by atoms with E-state index in [0.29, 0.717) is 5.56 Å². The molecule has 0 unspecified atom stereocenters. The van der Waals surface area contributed by atoms with Gasteiger partial charge in [-0.2, -0.15) is 0 Å². The van der Waals surface area contributed by atoms with Crippen molar-refractivity contribution in [2.75, 3.05) is 0 Å². The first-order chi connectivity index (χ1) is 12.3. The van der Waals surface area contributed by atoms with Crippen LogP contribution in [0.1, 0.15) is 6.92 Å². The van der Waals surface area contributed by atoms with Crippen LogP contribution in [0.2, 0.25) is 0 Å². The standard InChI is InChI=1S/C18H15NO7/c1-8(19)18(24)25-10-4-2-9(3-5-10)13-6-11(20)15-14(26-13)7-12(21)16(22)17(15)23/h2-8,21-23H,19H2,1H3/t8-/m0/s1. The molecule has 8 heteroatoms. The van der Waals surface area contributed by atoms with E-state index in [2.05, 4.69) is 0 Å². The fourth-order valence-electron chi connectivity index (χ4n) is 2.32. The normalized spacial score (nSPS) is 12.1. The number of aromatic hydroxyl groups is 3. The minimum absolute atomic E-state index is 0.0900. The van der Waals surface area contributed by atoms with Crippen molar-refractivity contribution < 1.29 is 29.3 Å². The van der Waals surface area contributed by atoms with E-state index in [1.807, 2.05) is 0 Å². The summed E-state index contributed by atoms with van der Waals surface area (Å²) >= 11 is 0. The molecule has 5 N–H and O–H groups in total. The highest BCUT2D eigenvalue weighted by molar-refractivity contribution is 5.89. The van der Waals surface area contributed by atoms with E-state index in [-0.39, 0.29) is 22.5 Å². The van der Waals surface area contributed by atoms with Gasteiger partial charge in [0.05, 0.1) is 0 Å². The van der Waals surface area contributed by atoms with Crippen LogP contribution in [0.25, 0.3) is 22.3 Å². The zero-order valence-electron chi connectivity index (χ0n) is 13.6. The van der Waals surface area contributed by atoms with E-state index in [4.69, 9.17) is 14.9 Å². The number of hydrogen-bond acceptors (Lipinski definition) is 8. The fraction of sp³-hybridized carbons (Fsp3) is 0.111. The number of carbonyl (C=O) groups is 1. The number of rotatable bonds is 3. The Morgan fingerprint density at radius 3 is 2.38 bits per heavy atom. The van der Waals surface area contributed by atoms with Crippen LogP contribution in [-0.2, 0) is 4.79 Å². The van der Waals surface area contributed by atoms with Crippen LogP contribution in [0, 0.1) is 0 Å². The zero-order chi connectivity index (χ0) is 19.0. The molecule has 0 amide bonds. The van der Waals surface area contributed by atoms with E-state index in [1.165, 1.54) is 19.1 Å². The summed E-state index contributed by atoms with van der Waals surface area (Å²) in [5, 5.41) is 28.7. The maximum atomic E-state index is 12.2. The van der Waals surface area contributed by atoms with Gasteiger partial charge in [-0.05, 0) is 31.2 Å². The van der Waals surface area contributed by atoms with Crippen molar-refractivity contribution in [1.82, 2.24) is 0 Å². The van der Waals surface area contributed by atoms with E-state index in [0.717, 1.165) is 12.1 Å². The summed E-state index contributed by atoms with van der Waals surface area (Å²) in [6.45, 7) is 1.50. The Balaban J connectivity index is 2.02. The second-order valence-corrected chi connectivity index (χ2v) is 5.68. The summed E-state index contributed by atoms with van der Waals surface area (Å²) in [6, 6.07) is 7.55. The van der Waals surface area contributed by atoms with Crippen molar-refractivity contribution >= 4 is 16.9 Å². The zero-order valence-corrected chi connectivity index (χ0v) is 13.6. The van der Waals surface area contributed by atoms with Crippen LogP contribution in [-0.4, -0.2) is 27.3 Å². The monoisotopic (exact) mass is 357 g/mol. The van der Waals surface area contributed by atoms with Gasteiger partial charge >= 0.3 is 5.97 Å². The van der Waals surface area contributed by atoms with Crippen molar-refractivity contribution in [3.05, 3.63) is 46.6 Å². The first kappa shape index (κ1) is 17.3. The lowest BCUT2D eigenvalue weighted by Crippen LogP contribution is -2.30. The molecule has 1 aromatic heterocycles. The highest BCUT2D eigenvalue weighted by Crippen LogP contribution is 2.40. The number of carbonyl (C=O) groups excluding carboxylic acids is 1. The van der Waals surface area contributed by atoms with Crippen molar-refractivity contribution in [3.63, 3.8) is 0 Å². The Morgan fingerprint density at radius 1 is 1.12 bits per heavy atom. The quantitative estimate of drug-likeness (QED) is 0.316. The summed E-state index contributed by atoms with van der Waals surface area (Å²) in [6.07, 6.45) is 0. The minimum Gasteiger partial charge on any atom is -0.504 e. The summed E-state index contributed by atoms with van der Waals surface area (Å²) in [7, 11) is 0. The molecular formula is C18H15NO7. The second-order valence-electron chi connectivity index (χ2n) is 5.68. The van der Waals surface area contributed by atoms with Crippen LogP contribution in [0.4, 0.5) is 0 Å². The predicted octanol–water partition coefficient (Wildman–Crippen LogP) is 1.83. The van der Waals surface area contributed by atoms with Gasteiger partial charge in [0.25, 0.3) is 0 Å². The molecule has 2 aromatic carbocycles. The third-order valence-corrected chi connectivity index (χ3v) is 3.68. The van der Waals surface area contributed by atoms with Crippen molar-refractivity contribution in [2.45, 2.75) is 13.0 Å². The number of fused-ring (bicyclic) bond motifs is 1. The molecule has 3 aromatic rings. The third-order valence-electron chi connectivity index (χ3n) is 3.68. The lowest BCUT2D eigenvalue weighted by Gasteiger charge is -2.09. The molecule has 0 saturated carbocycles. The van der Waals surface area contributed by atoms with Gasteiger partial charge in [-0.3, -0.25) is 4.79 Å². The SMILES string of the molecule is C[C@H](N)C(=O)Oc1ccc(-c2cc(=O)c3c(O)c(O)c(O)cc3o2)cc1. The van der Waals surface area contributed by atoms with Crippen LogP contribution in [0.3, 0.4) is 0 Å². The molecule has 0 radical (unpaired) electrons. The van der Waals surface area contributed by atoms with E-state index < -0.39 is 34.7 Å². The van der Waals surface area contributed by atoms with Gasteiger partial charge in [0.1, 0.15) is 28.5 Å².